The van der Waals surface area contributed by atoms with Crippen LogP contribution in [0, 0.1) is 0 Å². The van der Waals surface area contributed by atoms with Crippen LogP contribution >= 0.6 is 23.2 Å². The van der Waals surface area contributed by atoms with Gasteiger partial charge in [0.25, 0.3) is 0 Å². The number of halogens is 2. The quantitative estimate of drug-likeness (QED) is 0.525. The number of rotatable bonds is 8. The summed E-state index contributed by atoms with van der Waals surface area (Å²) in [5, 5.41) is 1.21. The Balaban J connectivity index is 0.00000312. The third kappa shape index (κ3) is 5.09. The second-order valence-electron chi connectivity index (χ2n) is 4.72. The summed E-state index contributed by atoms with van der Waals surface area (Å²) in [6.07, 6.45) is 3.29. The molecule has 0 atom stereocenters. The van der Waals surface area contributed by atoms with Crippen LogP contribution in [-0.4, -0.2) is 38.6 Å². The van der Waals surface area contributed by atoms with Crippen LogP contribution in [0.15, 0.2) is 30.6 Å². The molecule has 2 aromatic heterocycles. The first-order chi connectivity index (χ1) is 11.6. The summed E-state index contributed by atoms with van der Waals surface area (Å²) in [6.45, 7) is 6.94. The van der Waals surface area contributed by atoms with Crippen LogP contribution in [0.1, 0.15) is 20.8 Å². The van der Waals surface area contributed by atoms with Gasteiger partial charge < -0.3 is 13.3 Å². The Labute approximate surface area is 173 Å². The van der Waals surface area contributed by atoms with Crippen molar-refractivity contribution in [3.05, 3.63) is 40.6 Å². The molecule has 9 heteroatoms. The van der Waals surface area contributed by atoms with Gasteiger partial charge in [-0.2, -0.15) is 0 Å². The van der Waals surface area contributed by atoms with E-state index in [0.717, 1.165) is 0 Å². The van der Waals surface area contributed by atoms with Crippen LogP contribution in [-0.2, 0) is 33.7 Å². The van der Waals surface area contributed by atoms with E-state index in [4.69, 9.17) is 36.5 Å². The Bertz CT molecular complexity index is 663. The van der Waals surface area contributed by atoms with E-state index in [0.29, 0.717) is 46.4 Å². The zero-order valence-corrected chi connectivity index (χ0v) is 18.3. The molecule has 2 rings (SSSR count). The fourth-order valence-corrected chi connectivity index (χ4v) is 5.57. The van der Waals surface area contributed by atoms with Crippen LogP contribution in [0.5, 0.6) is 0 Å². The molecule has 0 bridgehead atoms. The van der Waals surface area contributed by atoms with Gasteiger partial charge in [-0.1, -0.05) is 29.3 Å². The van der Waals surface area contributed by atoms with E-state index in [-0.39, 0.29) is 20.4 Å². The fourth-order valence-electron chi connectivity index (χ4n) is 2.29. The maximum Gasteiger partial charge on any atom is 0.540 e. The van der Waals surface area contributed by atoms with Gasteiger partial charge in [-0.3, -0.25) is 9.97 Å². The van der Waals surface area contributed by atoms with Crippen molar-refractivity contribution in [3.63, 3.8) is 0 Å². The second kappa shape index (κ2) is 10.7. The Morgan fingerprint density at radius 2 is 1.52 bits per heavy atom. The van der Waals surface area contributed by atoms with Crippen molar-refractivity contribution in [1.29, 1.82) is 0 Å². The summed E-state index contributed by atoms with van der Waals surface area (Å²) in [5.41, 5.74) is 1.16. The van der Waals surface area contributed by atoms with Crippen LogP contribution in [0.4, 0.5) is 0 Å². The van der Waals surface area contributed by atoms with Crippen molar-refractivity contribution in [2.75, 3.05) is 19.8 Å². The van der Waals surface area contributed by atoms with E-state index < -0.39 is 8.80 Å². The molecular weight excluding hydrogens is 474 g/mol. The average Bonchev–Trinajstić information content (AvgIpc) is 2.58. The van der Waals surface area contributed by atoms with Crippen molar-refractivity contribution < 1.29 is 33.7 Å². The number of aromatic nitrogens is 2. The van der Waals surface area contributed by atoms with E-state index in [9.17, 15) is 0 Å². The predicted octanol–water partition coefficient (Wildman–Crippen LogP) is 3.70. The van der Waals surface area contributed by atoms with Gasteiger partial charge in [0.2, 0.25) is 0 Å². The molecule has 0 aliphatic heterocycles. The third-order valence-electron chi connectivity index (χ3n) is 3.20. The average molecular weight is 494 g/mol. The summed E-state index contributed by atoms with van der Waals surface area (Å²) in [5.74, 6) is 0. The predicted molar refractivity (Wildman–Crippen MR) is 97.8 cm³/mol. The molecule has 140 valence electrons. The first-order valence-electron chi connectivity index (χ1n) is 7.77. The summed E-state index contributed by atoms with van der Waals surface area (Å²) in [7, 11) is -3.17. The fraction of sp³-hybridized carbons (Fsp3) is 0.375. The van der Waals surface area contributed by atoms with E-state index in [2.05, 4.69) is 9.97 Å². The van der Waals surface area contributed by atoms with Crippen molar-refractivity contribution in [1.82, 2.24) is 9.97 Å². The summed E-state index contributed by atoms with van der Waals surface area (Å²) < 4.78 is 17.6. The SMILES string of the molecule is CCO[Si](OCC)(OCC)c1cnc(-c2ccccn2)c(Cl)c1Cl.[Pd]. The molecule has 0 saturated carbocycles. The van der Waals surface area contributed by atoms with Crippen LogP contribution in [0.2, 0.25) is 10.0 Å². The standard InChI is InChI=1S/C16H20Cl2N2O3Si.Pd/c1-4-21-24(22-5-2,23-6-3)13-11-20-16(15(18)14(13)17)12-9-7-8-10-19-12;/h7-11H,4-6H2,1-3H3;. The first kappa shape index (κ1) is 22.7. The summed E-state index contributed by atoms with van der Waals surface area (Å²) >= 11 is 13.0. The monoisotopic (exact) mass is 492 g/mol. The molecule has 0 amide bonds. The van der Waals surface area contributed by atoms with Crippen molar-refractivity contribution in [2.45, 2.75) is 20.8 Å². The Morgan fingerprint density at radius 1 is 0.920 bits per heavy atom. The van der Waals surface area contributed by atoms with E-state index in [1.54, 1.807) is 12.4 Å². The Morgan fingerprint density at radius 3 is 2.00 bits per heavy atom. The number of hydrogen-bond donors (Lipinski definition) is 0. The minimum absolute atomic E-state index is 0. The van der Waals surface area contributed by atoms with E-state index >= 15 is 0 Å². The summed E-state index contributed by atoms with van der Waals surface area (Å²) in [6, 6.07) is 5.51. The van der Waals surface area contributed by atoms with Gasteiger partial charge in [0.05, 0.1) is 20.9 Å². The third-order valence-corrected chi connectivity index (χ3v) is 7.26. The van der Waals surface area contributed by atoms with Crippen LogP contribution < -0.4 is 5.19 Å². The second-order valence-corrected chi connectivity index (χ2v) is 7.99. The zero-order valence-electron chi connectivity index (χ0n) is 14.2. The first-order valence-corrected chi connectivity index (χ1v) is 10.2. The molecular formula is C16H20Cl2N2O3PdSi. The maximum atomic E-state index is 6.53. The molecule has 2 heterocycles. The number of pyridine rings is 2. The smallest absolute Gasteiger partial charge is 0.370 e. The molecule has 0 N–H and O–H groups in total. The molecule has 25 heavy (non-hydrogen) atoms. The number of nitrogens with zero attached hydrogens (tertiary/aromatic N) is 2. The van der Waals surface area contributed by atoms with Gasteiger partial charge >= 0.3 is 8.80 Å². The van der Waals surface area contributed by atoms with Gasteiger partial charge in [-0.15, -0.1) is 0 Å². The van der Waals surface area contributed by atoms with Gasteiger partial charge in [-0.25, -0.2) is 0 Å². The molecule has 0 aliphatic carbocycles. The normalized spacial score (nSPS) is 11.2. The van der Waals surface area contributed by atoms with Crippen molar-refractivity contribution in [2.24, 2.45) is 0 Å². The molecule has 0 spiro atoms. The minimum Gasteiger partial charge on any atom is -0.370 e. The molecule has 0 saturated heterocycles. The Kier molecular flexibility index (Phi) is 9.71. The molecule has 0 unspecified atom stereocenters. The Hall–Kier alpha value is -0.361. The molecule has 0 aliphatic rings. The van der Waals surface area contributed by atoms with Crippen molar-refractivity contribution in [3.8, 4) is 11.4 Å². The maximum absolute atomic E-state index is 6.53. The molecule has 2 aromatic rings. The number of hydrogen-bond acceptors (Lipinski definition) is 5. The van der Waals surface area contributed by atoms with Crippen LogP contribution in [0.3, 0.4) is 0 Å². The topological polar surface area (TPSA) is 53.5 Å². The molecule has 5 nitrogen and oxygen atoms in total. The van der Waals surface area contributed by atoms with Gasteiger partial charge in [-0.05, 0) is 32.9 Å². The zero-order chi connectivity index (χ0) is 17.6. The molecule has 0 fully saturated rings. The van der Waals surface area contributed by atoms with Gasteiger partial charge in [0, 0.05) is 52.6 Å². The molecule has 0 radical (unpaired) electrons. The van der Waals surface area contributed by atoms with E-state index in [1.165, 1.54) is 0 Å². The largest absolute Gasteiger partial charge is 0.540 e. The van der Waals surface area contributed by atoms with Gasteiger partial charge in [0.15, 0.2) is 0 Å². The van der Waals surface area contributed by atoms with Crippen LogP contribution in [0.25, 0.3) is 11.4 Å². The van der Waals surface area contributed by atoms with Crippen molar-refractivity contribution >= 4 is 37.2 Å². The summed E-state index contributed by atoms with van der Waals surface area (Å²) in [4.78, 5) is 8.70. The van der Waals surface area contributed by atoms with Gasteiger partial charge in [0.1, 0.15) is 5.69 Å². The minimum atomic E-state index is -3.17. The molecule has 0 aromatic carbocycles. The van der Waals surface area contributed by atoms with E-state index in [1.807, 2.05) is 39.0 Å².